The van der Waals surface area contributed by atoms with Crippen molar-refractivity contribution in [1.29, 1.82) is 0 Å². The van der Waals surface area contributed by atoms with Crippen LogP contribution in [0.5, 0.6) is 0 Å². The number of pyridine rings is 1. The van der Waals surface area contributed by atoms with Gasteiger partial charge in [0.25, 0.3) is 0 Å². The molecule has 0 aromatic carbocycles. The summed E-state index contributed by atoms with van der Waals surface area (Å²) >= 11 is 0. The molecule has 17 heavy (non-hydrogen) atoms. The van der Waals surface area contributed by atoms with Crippen LogP contribution in [0.15, 0.2) is 18.5 Å². The van der Waals surface area contributed by atoms with Crippen molar-refractivity contribution in [2.24, 2.45) is 5.73 Å². The van der Waals surface area contributed by atoms with E-state index in [9.17, 15) is 9.59 Å². The minimum Gasteiger partial charge on any atom is -0.478 e. The predicted molar refractivity (Wildman–Crippen MR) is 60.6 cm³/mol. The zero-order valence-corrected chi connectivity index (χ0v) is 9.14. The number of aromatic carboxylic acids is 1. The molecule has 1 aliphatic rings. The number of rotatable bonds is 3. The first kappa shape index (κ1) is 11.5. The molecule has 2 rings (SSSR count). The third kappa shape index (κ3) is 2.26. The van der Waals surface area contributed by atoms with E-state index in [1.165, 1.54) is 18.5 Å². The number of carbonyl (C=O) groups excluding carboxylic acids is 1. The summed E-state index contributed by atoms with van der Waals surface area (Å²) in [7, 11) is 0. The lowest BCUT2D eigenvalue weighted by atomic mass is 9.77. The van der Waals surface area contributed by atoms with Gasteiger partial charge >= 0.3 is 5.97 Å². The maximum absolute atomic E-state index is 11.8. The Bertz CT molecular complexity index is 469. The van der Waals surface area contributed by atoms with Crippen LogP contribution in [-0.2, 0) is 4.79 Å². The van der Waals surface area contributed by atoms with Crippen molar-refractivity contribution >= 4 is 17.6 Å². The molecule has 1 heterocycles. The number of nitrogens with one attached hydrogen (secondary N) is 1. The van der Waals surface area contributed by atoms with Crippen LogP contribution in [-0.4, -0.2) is 27.5 Å². The molecule has 6 heteroatoms. The highest BCUT2D eigenvalue weighted by Gasteiger charge is 2.40. The number of nitrogens with two attached hydrogens (primary N) is 1. The molecule has 1 saturated carbocycles. The van der Waals surface area contributed by atoms with Crippen LogP contribution >= 0.6 is 0 Å². The lowest BCUT2D eigenvalue weighted by Crippen LogP contribution is -2.56. The van der Waals surface area contributed by atoms with Gasteiger partial charge in [0.1, 0.15) is 0 Å². The van der Waals surface area contributed by atoms with Gasteiger partial charge in [-0.1, -0.05) is 0 Å². The Morgan fingerprint density at radius 2 is 2.12 bits per heavy atom. The Hall–Kier alpha value is -1.95. The molecule has 0 radical (unpaired) electrons. The Balaban J connectivity index is 2.10. The molecule has 1 fully saturated rings. The van der Waals surface area contributed by atoms with Gasteiger partial charge in [-0.2, -0.15) is 0 Å². The Morgan fingerprint density at radius 3 is 2.65 bits per heavy atom. The van der Waals surface area contributed by atoms with Gasteiger partial charge < -0.3 is 16.2 Å². The van der Waals surface area contributed by atoms with E-state index >= 15 is 0 Å². The van der Waals surface area contributed by atoms with E-state index in [1.54, 1.807) is 0 Å². The summed E-state index contributed by atoms with van der Waals surface area (Å²) in [4.78, 5) is 26.3. The number of nitrogens with zero attached hydrogens (tertiary/aromatic N) is 1. The van der Waals surface area contributed by atoms with E-state index in [2.05, 4.69) is 10.3 Å². The molecule has 0 aliphatic heterocycles. The van der Waals surface area contributed by atoms with E-state index in [4.69, 9.17) is 10.8 Å². The maximum Gasteiger partial charge on any atom is 0.337 e. The van der Waals surface area contributed by atoms with Crippen LogP contribution in [0.25, 0.3) is 0 Å². The normalized spacial score (nSPS) is 17.0. The first-order valence-electron chi connectivity index (χ1n) is 5.30. The van der Waals surface area contributed by atoms with Gasteiger partial charge in [0.2, 0.25) is 5.91 Å². The van der Waals surface area contributed by atoms with Crippen LogP contribution in [0.1, 0.15) is 29.6 Å². The number of hydrogen-bond acceptors (Lipinski definition) is 4. The lowest BCUT2D eigenvalue weighted by molar-refractivity contribution is -0.123. The van der Waals surface area contributed by atoms with Crippen LogP contribution in [0.2, 0.25) is 0 Å². The predicted octanol–water partition coefficient (Wildman–Crippen LogP) is 0.600. The second-order valence-corrected chi connectivity index (χ2v) is 4.23. The number of carboxylic acid groups (broad SMARTS) is 1. The van der Waals surface area contributed by atoms with E-state index in [1.807, 2.05) is 0 Å². The first-order chi connectivity index (χ1) is 8.01. The van der Waals surface area contributed by atoms with Crippen molar-refractivity contribution in [3.8, 4) is 0 Å². The standard InChI is InChI=1S/C11H13N3O3/c12-11(2-1-3-11)10(17)14-8-4-7(9(15)16)5-13-6-8/h4-6H,1-3,12H2,(H,14,17)(H,15,16). The fraction of sp³-hybridized carbons (Fsp3) is 0.364. The highest BCUT2D eigenvalue weighted by atomic mass is 16.4. The molecule has 0 saturated heterocycles. The van der Waals surface area contributed by atoms with Gasteiger partial charge in [-0.15, -0.1) is 0 Å². The molecule has 1 aromatic rings. The largest absolute Gasteiger partial charge is 0.478 e. The molecule has 1 amide bonds. The van der Waals surface area contributed by atoms with Crippen molar-refractivity contribution in [1.82, 2.24) is 4.98 Å². The summed E-state index contributed by atoms with van der Waals surface area (Å²) in [5.74, 6) is -1.37. The van der Waals surface area contributed by atoms with Crippen molar-refractivity contribution in [2.75, 3.05) is 5.32 Å². The number of carboxylic acids is 1. The molecule has 0 bridgehead atoms. The average Bonchev–Trinajstić information content (AvgIpc) is 2.26. The van der Waals surface area contributed by atoms with Crippen LogP contribution in [0.3, 0.4) is 0 Å². The zero-order chi connectivity index (χ0) is 12.5. The Kier molecular flexibility index (Phi) is 2.81. The zero-order valence-electron chi connectivity index (χ0n) is 9.14. The number of anilines is 1. The number of hydrogen-bond donors (Lipinski definition) is 3. The molecule has 1 aliphatic carbocycles. The molecule has 0 unspecified atom stereocenters. The van der Waals surface area contributed by atoms with E-state index < -0.39 is 11.5 Å². The number of carbonyl (C=O) groups is 2. The summed E-state index contributed by atoms with van der Waals surface area (Å²) < 4.78 is 0. The van der Waals surface area contributed by atoms with Gasteiger partial charge in [-0.3, -0.25) is 9.78 Å². The second kappa shape index (κ2) is 4.14. The van der Waals surface area contributed by atoms with E-state index in [0.717, 1.165) is 6.42 Å². The van der Waals surface area contributed by atoms with Crippen LogP contribution in [0, 0.1) is 0 Å². The van der Waals surface area contributed by atoms with Crippen LogP contribution in [0.4, 0.5) is 5.69 Å². The van der Waals surface area contributed by atoms with Crippen molar-refractivity contribution < 1.29 is 14.7 Å². The third-order valence-electron chi connectivity index (χ3n) is 2.94. The Labute approximate surface area is 97.8 Å². The van der Waals surface area contributed by atoms with Gasteiger partial charge in [-0.05, 0) is 25.3 Å². The third-order valence-corrected chi connectivity index (χ3v) is 2.94. The highest BCUT2D eigenvalue weighted by molar-refractivity contribution is 5.99. The second-order valence-electron chi connectivity index (χ2n) is 4.23. The smallest absolute Gasteiger partial charge is 0.337 e. The molecule has 0 atom stereocenters. The molecular formula is C11H13N3O3. The van der Waals surface area contributed by atoms with Gasteiger partial charge in [0.15, 0.2) is 0 Å². The van der Waals surface area contributed by atoms with Gasteiger partial charge in [0, 0.05) is 6.20 Å². The van der Waals surface area contributed by atoms with E-state index in [-0.39, 0.29) is 11.5 Å². The molecule has 4 N–H and O–H groups in total. The summed E-state index contributed by atoms with van der Waals surface area (Å²) in [5.41, 5.74) is 5.42. The molecule has 0 spiro atoms. The number of amides is 1. The fourth-order valence-corrected chi connectivity index (χ4v) is 1.67. The van der Waals surface area contributed by atoms with Gasteiger partial charge in [0.05, 0.1) is 23.0 Å². The quantitative estimate of drug-likeness (QED) is 0.711. The van der Waals surface area contributed by atoms with Crippen molar-refractivity contribution in [2.45, 2.75) is 24.8 Å². The maximum atomic E-state index is 11.8. The average molecular weight is 235 g/mol. The van der Waals surface area contributed by atoms with Gasteiger partial charge in [-0.25, -0.2) is 4.79 Å². The van der Waals surface area contributed by atoms with Crippen LogP contribution < -0.4 is 11.1 Å². The molecular weight excluding hydrogens is 222 g/mol. The molecule has 1 aromatic heterocycles. The topological polar surface area (TPSA) is 105 Å². The van der Waals surface area contributed by atoms with E-state index in [0.29, 0.717) is 18.5 Å². The minimum absolute atomic E-state index is 0.0301. The lowest BCUT2D eigenvalue weighted by Gasteiger charge is -2.36. The SMILES string of the molecule is NC1(C(=O)Nc2cncc(C(=O)O)c2)CCC1. The summed E-state index contributed by atoms with van der Waals surface area (Å²) in [6.45, 7) is 0. The highest BCUT2D eigenvalue weighted by Crippen LogP contribution is 2.30. The summed E-state index contributed by atoms with van der Waals surface area (Å²) in [5, 5.41) is 11.4. The Morgan fingerprint density at radius 1 is 1.41 bits per heavy atom. The first-order valence-corrected chi connectivity index (χ1v) is 5.30. The summed E-state index contributed by atoms with van der Waals surface area (Å²) in [6.07, 6.45) is 4.87. The van der Waals surface area contributed by atoms with Crippen molar-refractivity contribution in [3.05, 3.63) is 24.0 Å². The van der Waals surface area contributed by atoms with Crippen molar-refractivity contribution in [3.63, 3.8) is 0 Å². The minimum atomic E-state index is -1.08. The number of aromatic nitrogens is 1. The molecule has 6 nitrogen and oxygen atoms in total. The molecule has 90 valence electrons. The summed E-state index contributed by atoms with van der Waals surface area (Å²) in [6, 6.07) is 1.36. The fourth-order valence-electron chi connectivity index (χ4n) is 1.67. The monoisotopic (exact) mass is 235 g/mol.